The van der Waals surface area contributed by atoms with Crippen molar-refractivity contribution in [2.45, 2.75) is 39.5 Å². The van der Waals surface area contributed by atoms with Crippen LogP contribution in [0.4, 0.5) is 5.13 Å². The first kappa shape index (κ1) is 16.4. The zero-order chi connectivity index (χ0) is 14.5. The first-order valence-electron chi connectivity index (χ1n) is 6.42. The molecule has 19 heavy (non-hydrogen) atoms. The summed E-state index contributed by atoms with van der Waals surface area (Å²) >= 11 is 1.33. The van der Waals surface area contributed by atoms with Gasteiger partial charge in [-0.05, 0) is 19.5 Å². The fourth-order valence-corrected chi connectivity index (χ4v) is 3.71. The van der Waals surface area contributed by atoms with Crippen LogP contribution in [0.2, 0.25) is 0 Å². The molecule has 5 nitrogen and oxygen atoms in total. The number of sulfonamides is 1. The standard InChI is InChI=1S/C12H23N3O2S2/c1-5-13-7-6-8-19(16,17)15-11-14-10(9-18-11)12(2,3)4/h9,13H,5-8H2,1-4H3,(H,14,15). The molecule has 0 amide bonds. The molecule has 1 rings (SSSR count). The molecule has 0 fully saturated rings. The van der Waals surface area contributed by atoms with Crippen molar-refractivity contribution in [1.29, 1.82) is 0 Å². The average molecular weight is 305 g/mol. The second-order valence-corrected chi connectivity index (χ2v) is 8.12. The van der Waals surface area contributed by atoms with Crippen molar-refractivity contribution in [1.82, 2.24) is 10.3 Å². The molecule has 0 saturated carbocycles. The van der Waals surface area contributed by atoms with E-state index in [9.17, 15) is 8.42 Å². The maximum absolute atomic E-state index is 11.8. The largest absolute Gasteiger partial charge is 0.317 e. The van der Waals surface area contributed by atoms with Crippen LogP contribution >= 0.6 is 11.3 Å². The van der Waals surface area contributed by atoms with Gasteiger partial charge >= 0.3 is 0 Å². The quantitative estimate of drug-likeness (QED) is 0.758. The molecule has 1 aromatic heterocycles. The number of hydrogen-bond acceptors (Lipinski definition) is 5. The van der Waals surface area contributed by atoms with Gasteiger partial charge in [-0.3, -0.25) is 4.72 Å². The summed E-state index contributed by atoms with van der Waals surface area (Å²) in [4.78, 5) is 4.32. The van der Waals surface area contributed by atoms with Gasteiger partial charge in [-0.1, -0.05) is 27.7 Å². The molecule has 0 unspecified atom stereocenters. The lowest BCUT2D eigenvalue weighted by Crippen LogP contribution is -2.22. The van der Waals surface area contributed by atoms with Gasteiger partial charge in [0.2, 0.25) is 10.0 Å². The van der Waals surface area contributed by atoms with Crippen molar-refractivity contribution in [2.75, 3.05) is 23.6 Å². The van der Waals surface area contributed by atoms with Gasteiger partial charge in [0.15, 0.2) is 5.13 Å². The molecular formula is C12H23N3O2S2. The van der Waals surface area contributed by atoms with E-state index >= 15 is 0 Å². The highest BCUT2D eigenvalue weighted by molar-refractivity contribution is 7.92. The third-order valence-electron chi connectivity index (χ3n) is 2.53. The molecule has 0 radical (unpaired) electrons. The summed E-state index contributed by atoms with van der Waals surface area (Å²) < 4.78 is 26.2. The Balaban J connectivity index is 2.56. The lowest BCUT2D eigenvalue weighted by Gasteiger charge is -2.14. The van der Waals surface area contributed by atoms with E-state index < -0.39 is 10.0 Å². The predicted molar refractivity (Wildman–Crippen MR) is 81.4 cm³/mol. The van der Waals surface area contributed by atoms with E-state index in [0.29, 0.717) is 18.1 Å². The number of nitrogens with one attached hydrogen (secondary N) is 2. The van der Waals surface area contributed by atoms with Gasteiger partial charge in [0.25, 0.3) is 0 Å². The molecule has 0 bridgehead atoms. The monoisotopic (exact) mass is 305 g/mol. The highest BCUT2D eigenvalue weighted by Crippen LogP contribution is 2.26. The lowest BCUT2D eigenvalue weighted by molar-refractivity contribution is 0.573. The summed E-state index contributed by atoms with van der Waals surface area (Å²) in [7, 11) is -3.29. The molecule has 1 aromatic rings. The molecule has 110 valence electrons. The first-order valence-corrected chi connectivity index (χ1v) is 8.95. The fourth-order valence-electron chi connectivity index (χ4n) is 1.41. The summed E-state index contributed by atoms with van der Waals surface area (Å²) in [5.74, 6) is 0.116. The van der Waals surface area contributed by atoms with E-state index in [1.165, 1.54) is 11.3 Å². The maximum atomic E-state index is 11.8. The number of nitrogens with zero attached hydrogens (tertiary/aromatic N) is 1. The second kappa shape index (κ2) is 6.67. The molecule has 0 saturated heterocycles. The molecule has 2 N–H and O–H groups in total. The summed E-state index contributed by atoms with van der Waals surface area (Å²) in [6, 6.07) is 0. The molecular weight excluding hydrogens is 282 g/mol. The SMILES string of the molecule is CCNCCCS(=O)(=O)Nc1nc(C(C)(C)C)cs1. The zero-order valence-electron chi connectivity index (χ0n) is 12.0. The van der Waals surface area contributed by atoms with Crippen molar-refractivity contribution in [3.8, 4) is 0 Å². The summed E-state index contributed by atoms with van der Waals surface area (Å²) in [5, 5.41) is 5.45. The Kier molecular flexibility index (Phi) is 5.76. The van der Waals surface area contributed by atoms with Crippen molar-refractivity contribution in [3.63, 3.8) is 0 Å². The first-order chi connectivity index (χ1) is 8.74. The van der Waals surface area contributed by atoms with E-state index in [-0.39, 0.29) is 11.2 Å². The van der Waals surface area contributed by atoms with Gasteiger partial charge in [-0.15, -0.1) is 11.3 Å². The van der Waals surface area contributed by atoms with Gasteiger partial charge < -0.3 is 5.32 Å². The van der Waals surface area contributed by atoms with Crippen molar-refractivity contribution in [3.05, 3.63) is 11.1 Å². The van der Waals surface area contributed by atoms with Crippen LogP contribution in [0.1, 0.15) is 39.8 Å². The van der Waals surface area contributed by atoms with Crippen LogP contribution in [0.15, 0.2) is 5.38 Å². The normalized spacial score (nSPS) is 12.6. The van der Waals surface area contributed by atoms with Gasteiger partial charge in [0.05, 0.1) is 11.4 Å². The predicted octanol–water partition coefficient (Wildman–Crippen LogP) is 2.18. The Bertz CT molecular complexity index is 489. The highest BCUT2D eigenvalue weighted by Gasteiger charge is 2.19. The van der Waals surface area contributed by atoms with Crippen molar-refractivity contribution < 1.29 is 8.42 Å². The van der Waals surface area contributed by atoms with Gasteiger partial charge in [-0.2, -0.15) is 0 Å². The number of hydrogen-bond donors (Lipinski definition) is 2. The van der Waals surface area contributed by atoms with Crippen LogP contribution in [-0.4, -0.2) is 32.2 Å². The van der Waals surface area contributed by atoms with Crippen LogP contribution in [0.3, 0.4) is 0 Å². The van der Waals surface area contributed by atoms with Gasteiger partial charge in [0.1, 0.15) is 0 Å². The number of aromatic nitrogens is 1. The average Bonchev–Trinajstić information content (AvgIpc) is 2.72. The molecule has 0 aliphatic carbocycles. The van der Waals surface area contributed by atoms with Gasteiger partial charge in [0, 0.05) is 10.8 Å². The van der Waals surface area contributed by atoms with Crippen LogP contribution in [0.5, 0.6) is 0 Å². The summed E-state index contributed by atoms with van der Waals surface area (Å²) in [6.45, 7) is 9.72. The Morgan fingerprint density at radius 1 is 1.37 bits per heavy atom. The van der Waals surface area contributed by atoms with Crippen LogP contribution in [0.25, 0.3) is 0 Å². The minimum atomic E-state index is -3.29. The fraction of sp³-hybridized carbons (Fsp3) is 0.750. The van der Waals surface area contributed by atoms with Gasteiger partial charge in [-0.25, -0.2) is 13.4 Å². The highest BCUT2D eigenvalue weighted by atomic mass is 32.2. The molecule has 0 aliphatic heterocycles. The molecule has 7 heteroatoms. The van der Waals surface area contributed by atoms with Crippen LogP contribution in [-0.2, 0) is 15.4 Å². The van der Waals surface area contributed by atoms with Crippen LogP contribution < -0.4 is 10.0 Å². The van der Waals surface area contributed by atoms with Crippen LogP contribution in [0, 0.1) is 0 Å². The Labute approximate surface area is 119 Å². The molecule has 0 aromatic carbocycles. The summed E-state index contributed by atoms with van der Waals surface area (Å²) in [5.41, 5.74) is 0.841. The number of thiazole rings is 1. The van der Waals surface area contributed by atoms with E-state index in [0.717, 1.165) is 12.2 Å². The third kappa shape index (κ3) is 5.88. The maximum Gasteiger partial charge on any atom is 0.234 e. The van der Waals surface area contributed by atoms with E-state index in [1.807, 2.05) is 12.3 Å². The third-order valence-corrected chi connectivity index (χ3v) is 4.75. The molecule has 0 atom stereocenters. The number of anilines is 1. The van der Waals surface area contributed by atoms with E-state index in [1.54, 1.807) is 0 Å². The molecule has 0 spiro atoms. The summed E-state index contributed by atoms with van der Waals surface area (Å²) in [6.07, 6.45) is 0.598. The lowest BCUT2D eigenvalue weighted by atomic mass is 9.93. The van der Waals surface area contributed by atoms with E-state index in [2.05, 4.69) is 35.8 Å². The Hall–Kier alpha value is -0.660. The minimum absolute atomic E-state index is 0.0642. The second-order valence-electron chi connectivity index (χ2n) is 5.42. The van der Waals surface area contributed by atoms with Crippen molar-refractivity contribution in [2.24, 2.45) is 0 Å². The van der Waals surface area contributed by atoms with Crippen molar-refractivity contribution >= 4 is 26.5 Å². The Morgan fingerprint density at radius 2 is 2.05 bits per heavy atom. The zero-order valence-corrected chi connectivity index (χ0v) is 13.6. The van der Waals surface area contributed by atoms with E-state index in [4.69, 9.17) is 0 Å². The minimum Gasteiger partial charge on any atom is -0.317 e. The topological polar surface area (TPSA) is 71.1 Å². The Morgan fingerprint density at radius 3 is 2.58 bits per heavy atom. The molecule has 0 aliphatic rings. The smallest absolute Gasteiger partial charge is 0.234 e. The number of rotatable bonds is 7. The molecule has 1 heterocycles.